The summed E-state index contributed by atoms with van der Waals surface area (Å²) in [7, 11) is 3.38. The standard InChI is InChI=1S/C11H22N2O3/c1-11(2,7-14)13(3)10(15)9-5-8(16-4)6-12-9/h8-9,12,14H,5-7H2,1-4H3. The summed E-state index contributed by atoms with van der Waals surface area (Å²) in [4.78, 5) is 13.7. The van der Waals surface area contributed by atoms with Crippen LogP contribution in [0.1, 0.15) is 20.3 Å². The Kier molecular flexibility index (Phi) is 4.29. The highest BCUT2D eigenvalue weighted by atomic mass is 16.5. The largest absolute Gasteiger partial charge is 0.394 e. The van der Waals surface area contributed by atoms with Crippen molar-refractivity contribution in [3.63, 3.8) is 0 Å². The van der Waals surface area contributed by atoms with Crippen LogP contribution in [0.25, 0.3) is 0 Å². The van der Waals surface area contributed by atoms with E-state index in [1.54, 1.807) is 19.1 Å². The van der Waals surface area contributed by atoms with E-state index in [1.807, 2.05) is 13.8 Å². The van der Waals surface area contributed by atoms with Crippen LogP contribution in [0.3, 0.4) is 0 Å². The third-order valence-electron chi connectivity index (χ3n) is 3.35. The minimum atomic E-state index is -0.524. The number of methoxy groups -OCH3 is 1. The number of rotatable bonds is 4. The molecule has 94 valence electrons. The van der Waals surface area contributed by atoms with Crippen LogP contribution in [-0.2, 0) is 9.53 Å². The van der Waals surface area contributed by atoms with Gasteiger partial charge in [0.15, 0.2) is 0 Å². The Hall–Kier alpha value is -0.650. The third-order valence-corrected chi connectivity index (χ3v) is 3.35. The Bertz CT molecular complexity index is 256. The van der Waals surface area contributed by atoms with Crippen molar-refractivity contribution in [1.82, 2.24) is 10.2 Å². The number of carbonyl (C=O) groups is 1. The van der Waals surface area contributed by atoms with E-state index < -0.39 is 5.54 Å². The molecule has 1 aliphatic rings. The molecule has 5 nitrogen and oxygen atoms in total. The predicted octanol–water partition coefficient (Wildman–Crippen LogP) is -0.407. The van der Waals surface area contributed by atoms with Crippen molar-refractivity contribution in [3.05, 3.63) is 0 Å². The average molecular weight is 230 g/mol. The van der Waals surface area contributed by atoms with Crippen LogP contribution >= 0.6 is 0 Å². The fourth-order valence-electron chi connectivity index (χ4n) is 1.71. The molecule has 0 aromatic rings. The Morgan fingerprint density at radius 2 is 2.25 bits per heavy atom. The summed E-state index contributed by atoms with van der Waals surface area (Å²) >= 11 is 0. The lowest BCUT2D eigenvalue weighted by Crippen LogP contribution is -2.53. The molecule has 1 rings (SSSR count). The van der Waals surface area contributed by atoms with Gasteiger partial charge in [-0.25, -0.2) is 0 Å². The van der Waals surface area contributed by atoms with Crippen molar-refractivity contribution in [2.45, 2.75) is 38.0 Å². The van der Waals surface area contributed by atoms with Crippen molar-refractivity contribution < 1.29 is 14.6 Å². The number of nitrogens with one attached hydrogen (secondary N) is 1. The number of ether oxygens (including phenoxy) is 1. The molecule has 0 spiro atoms. The first-order valence-electron chi connectivity index (χ1n) is 5.57. The average Bonchev–Trinajstić information content (AvgIpc) is 2.75. The van der Waals surface area contributed by atoms with Gasteiger partial charge in [-0.05, 0) is 20.3 Å². The molecule has 2 atom stereocenters. The van der Waals surface area contributed by atoms with Crippen LogP contribution in [0.5, 0.6) is 0 Å². The summed E-state index contributed by atoms with van der Waals surface area (Å²) in [5.74, 6) is 0.0126. The molecule has 0 saturated carbocycles. The van der Waals surface area contributed by atoms with Gasteiger partial charge in [-0.15, -0.1) is 0 Å². The lowest BCUT2D eigenvalue weighted by atomic mass is 10.0. The van der Waals surface area contributed by atoms with Gasteiger partial charge in [0.25, 0.3) is 0 Å². The number of hydrogen-bond donors (Lipinski definition) is 2. The van der Waals surface area contributed by atoms with E-state index in [1.165, 1.54) is 0 Å². The first-order chi connectivity index (χ1) is 7.42. The van der Waals surface area contributed by atoms with Gasteiger partial charge in [0, 0.05) is 20.7 Å². The Labute approximate surface area is 96.8 Å². The maximum atomic E-state index is 12.1. The molecule has 2 unspecified atom stereocenters. The van der Waals surface area contributed by atoms with E-state index in [0.29, 0.717) is 13.0 Å². The van der Waals surface area contributed by atoms with Crippen LogP contribution in [0.4, 0.5) is 0 Å². The molecule has 16 heavy (non-hydrogen) atoms. The van der Waals surface area contributed by atoms with Gasteiger partial charge in [-0.2, -0.15) is 0 Å². The monoisotopic (exact) mass is 230 g/mol. The van der Waals surface area contributed by atoms with Gasteiger partial charge in [-0.1, -0.05) is 0 Å². The van der Waals surface area contributed by atoms with Gasteiger partial charge < -0.3 is 20.1 Å². The molecule has 5 heteroatoms. The first kappa shape index (κ1) is 13.4. The van der Waals surface area contributed by atoms with E-state index in [-0.39, 0.29) is 24.7 Å². The molecular weight excluding hydrogens is 208 g/mol. The summed E-state index contributed by atoms with van der Waals surface area (Å²) in [6, 6.07) is -0.194. The van der Waals surface area contributed by atoms with Gasteiger partial charge in [-0.3, -0.25) is 4.79 Å². The molecule has 0 aromatic heterocycles. The maximum absolute atomic E-state index is 12.1. The number of amides is 1. The van der Waals surface area contributed by atoms with Crippen LogP contribution < -0.4 is 5.32 Å². The van der Waals surface area contributed by atoms with Gasteiger partial charge >= 0.3 is 0 Å². The third kappa shape index (κ3) is 2.72. The topological polar surface area (TPSA) is 61.8 Å². The van der Waals surface area contributed by atoms with Crippen molar-refractivity contribution in [3.8, 4) is 0 Å². The van der Waals surface area contributed by atoms with Crippen molar-refractivity contribution in [2.24, 2.45) is 0 Å². The van der Waals surface area contributed by atoms with Crippen molar-refractivity contribution >= 4 is 5.91 Å². The lowest BCUT2D eigenvalue weighted by molar-refractivity contribution is -0.138. The highest BCUT2D eigenvalue weighted by Gasteiger charge is 2.35. The zero-order chi connectivity index (χ0) is 12.3. The number of hydrogen-bond acceptors (Lipinski definition) is 4. The molecule has 1 heterocycles. The van der Waals surface area contributed by atoms with Crippen molar-refractivity contribution in [1.29, 1.82) is 0 Å². The Balaban J connectivity index is 2.58. The normalized spacial score (nSPS) is 25.8. The summed E-state index contributed by atoms with van der Waals surface area (Å²) in [6.45, 7) is 4.34. The second-order valence-electron chi connectivity index (χ2n) is 4.92. The minimum Gasteiger partial charge on any atom is -0.394 e. The van der Waals surface area contributed by atoms with Crippen LogP contribution in [-0.4, -0.2) is 60.9 Å². The molecule has 2 N–H and O–H groups in total. The highest BCUT2D eigenvalue weighted by Crippen LogP contribution is 2.17. The molecule has 0 aliphatic carbocycles. The van der Waals surface area contributed by atoms with Gasteiger partial charge in [0.2, 0.25) is 5.91 Å². The second kappa shape index (κ2) is 5.12. The molecule has 1 amide bonds. The summed E-state index contributed by atoms with van der Waals surface area (Å²) in [5, 5.41) is 12.4. The Morgan fingerprint density at radius 3 is 2.69 bits per heavy atom. The van der Waals surface area contributed by atoms with Gasteiger partial charge in [0.1, 0.15) is 0 Å². The van der Waals surface area contributed by atoms with E-state index >= 15 is 0 Å². The fourth-order valence-corrected chi connectivity index (χ4v) is 1.71. The maximum Gasteiger partial charge on any atom is 0.240 e. The number of likely N-dealkylation sites (N-methyl/N-ethyl adjacent to an activating group) is 1. The fraction of sp³-hybridized carbons (Fsp3) is 0.909. The van der Waals surface area contributed by atoms with Crippen LogP contribution in [0, 0.1) is 0 Å². The smallest absolute Gasteiger partial charge is 0.240 e. The van der Waals surface area contributed by atoms with Crippen LogP contribution in [0.2, 0.25) is 0 Å². The lowest BCUT2D eigenvalue weighted by Gasteiger charge is -2.35. The van der Waals surface area contributed by atoms with E-state index in [2.05, 4.69) is 5.32 Å². The first-order valence-corrected chi connectivity index (χ1v) is 5.57. The zero-order valence-electron chi connectivity index (χ0n) is 10.5. The SMILES string of the molecule is COC1CNC(C(=O)N(C)C(C)(C)CO)C1. The predicted molar refractivity (Wildman–Crippen MR) is 61.1 cm³/mol. The van der Waals surface area contributed by atoms with E-state index in [4.69, 9.17) is 4.74 Å². The second-order valence-corrected chi connectivity index (χ2v) is 4.92. The number of carbonyl (C=O) groups excluding carboxylic acids is 1. The van der Waals surface area contributed by atoms with E-state index in [0.717, 1.165) is 0 Å². The summed E-state index contributed by atoms with van der Waals surface area (Å²) < 4.78 is 5.20. The highest BCUT2D eigenvalue weighted by molar-refractivity contribution is 5.82. The molecule has 0 bridgehead atoms. The van der Waals surface area contributed by atoms with Crippen LogP contribution in [0.15, 0.2) is 0 Å². The molecule has 1 fully saturated rings. The number of aliphatic hydroxyl groups excluding tert-OH is 1. The quantitative estimate of drug-likeness (QED) is 0.689. The summed E-state index contributed by atoms with van der Waals surface area (Å²) in [6.07, 6.45) is 0.806. The minimum absolute atomic E-state index is 0.0126. The van der Waals surface area contributed by atoms with Crippen molar-refractivity contribution in [2.75, 3.05) is 27.3 Å². The zero-order valence-corrected chi connectivity index (χ0v) is 10.5. The molecule has 1 saturated heterocycles. The van der Waals surface area contributed by atoms with E-state index in [9.17, 15) is 9.90 Å². The molecule has 0 radical (unpaired) electrons. The molecular formula is C11H22N2O3. The number of nitrogens with zero attached hydrogens (tertiary/aromatic N) is 1. The molecule has 0 aromatic carbocycles. The van der Waals surface area contributed by atoms with Gasteiger partial charge in [0.05, 0.1) is 24.3 Å². The molecule has 1 aliphatic heterocycles. The Morgan fingerprint density at radius 1 is 1.62 bits per heavy atom. The number of aliphatic hydroxyl groups is 1. The summed E-state index contributed by atoms with van der Waals surface area (Å²) in [5.41, 5.74) is -0.524.